The second-order valence-electron chi connectivity index (χ2n) is 4.18. The zero-order valence-electron chi connectivity index (χ0n) is 9.76. The van der Waals surface area contributed by atoms with Crippen LogP contribution >= 0.6 is 12.2 Å². The molecule has 0 bridgehead atoms. The fourth-order valence-corrected chi connectivity index (χ4v) is 2.29. The van der Waals surface area contributed by atoms with Crippen molar-refractivity contribution in [3.05, 3.63) is 54.0 Å². The van der Waals surface area contributed by atoms with E-state index in [-0.39, 0.29) is 0 Å². The number of pyridine rings is 1. The Morgan fingerprint density at radius 2 is 2.06 bits per heavy atom. The van der Waals surface area contributed by atoms with Crippen LogP contribution in [0.3, 0.4) is 0 Å². The number of aromatic nitrogens is 1. The van der Waals surface area contributed by atoms with Gasteiger partial charge < -0.3 is 5.32 Å². The first kappa shape index (κ1) is 11.2. The molecule has 0 saturated heterocycles. The van der Waals surface area contributed by atoms with E-state index in [1.54, 1.807) is 0 Å². The quantitative estimate of drug-likeness (QED) is 0.855. The van der Waals surface area contributed by atoms with Crippen molar-refractivity contribution >= 4 is 28.2 Å². The van der Waals surface area contributed by atoms with E-state index >= 15 is 0 Å². The molecular formula is C14H12N3S. The summed E-state index contributed by atoms with van der Waals surface area (Å²) in [5.41, 5.74) is 3.36. The van der Waals surface area contributed by atoms with Crippen molar-refractivity contribution < 1.29 is 0 Å². The van der Waals surface area contributed by atoms with Crippen molar-refractivity contribution in [3.63, 3.8) is 0 Å². The molecule has 1 aliphatic heterocycles. The summed E-state index contributed by atoms with van der Waals surface area (Å²) in [4.78, 5) is 4.36. The number of hydrogen-bond donors (Lipinski definition) is 1. The third-order valence-electron chi connectivity index (χ3n) is 2.99. The minimum absolute atomic E-state index is 0.560. The van der Waals surface area contributed by atoms with Gasteiger partial charge in [0.2, 0.25) is 0 Å². The molecule has 3 rings (SSSR count). The maximum absolute atomic E-state index is 4.96. The van der Waals surface area contributed by atoms with Crippen LogP contribution in [0.2, 0.25) is 0 Å². The predicted molar refractivity (Wildman–Crippen MR) is 76.0 cm³/mol. The Balaban J connectivity index is 1.80. The van der Waals surface area contributed by atoms with E-state index in [0.717, 1.165) is 24.1 Å². The minimum Gasteiger partial charge on any atom is -0.336 e. The summed E-state index contributed by atoms with van der Waals surface area (Å²) >= 11 is 4.96. The highest BCUT2D eigenvalue weighted by Crippen LogP contribution is 2.19. The molecule has 18 heavy (non-hydrogen) atoms. The third kappa shape index (κ3) is 2.19. The summed E-state index contributed by atoms with van der Waals surface area (Å²) in [6.07, 6.45) is 5.54. The van der Waals surface area contributed by atoms with Gasteiger partial charge in [0, 0.05) is 17.8 Å². The van der Waals surface area contributed by atoms with Gasteiger partial charge in [-0.3, -0.25) is 4.98 Å². The third-order valence-corrected chi connectivity index (χ3v) is 3.20. The average Bonchev–Trinajstić information content (AvgIpc) is 2.82. The smallest absolute Gasteiger partial charge is 0.197 e. The number of rotatable bonds is 3. The molecule has 2 heterocycles. The molecule has 2 aromatic rings. The Morgan fingerprint density at radius 3 is 2.89 bits per heavy atom. The first-order valence-corrected chi connectivity index (χ1v) is 6.28. The van der Waals surface area contributed by atoms with Crippen LogP contribution in [0.1, 0.15) is 12.0 Å². The molecule has 0 amide bonds. The lowest BCUT2D eigenvalue weighted by molar-refractivity contribution is 0.896. The molecule has 0 unspecified atom stereocenters. The molecule has 1 aliphatic rings. The molecule has 3 nitrogen and oxygen atoms in total. The molecule has 1 aromatic heterocycles. The van der Waals surface area contributed by atoms with E-state index in [9.17, 15) is 0 Å². The van der Waals surface area contributed by atoms with Crippen LogP contribution in [-0.2, 0) is 6.42 Å². The normalized spacial score (nSPS) is 14.2. The van der Waals surface area contributed by atoms with Crippen molar-refractivity contribution in [2.45, 2.75) is 12.8 Å². The standard InChI is InChI=1S/C14H12N3S/c18-14-16-9-11(17-14)7-6-10-3-1-5-13-12(10)4-2-8-15-13/h1-5,8-9H,6-7H2,(H,16,18). The molecule has 89 valence electrons. The summed E-state index contributed by atoms with van der Waals surface area (Å²) in [5, 5.41) is 8.96. The predicted octanol–water partition coefficient (Wildman–Crippen LogP) is 2.50. The summed E-state index contributed by atoms with van der Waals surface area (Å²) in [7, 11) is 0. The van der Waals surface area contributed by atoms with Crippen LogP contribution in [0.4, 0.5) is 0 Å². The van der Waals surface area contributed by atoms with Crippen LogP contribution in [-0.4, -0.2) is 10.1 Å². The first-order chi connectivity index (χ1) is 8.83. The lowest BCUT2D eigenvalue weighted by Crippen LogP contribution is -2.15. The van der Waals surface area contributed by atoms with Crippen LogP contribution in [0, 0.1) is 0 Å². The van der Waals surface area contributed by atoms with Crippen molar-refractivity contribution in [2.24, 2.45) is 0 Å². The van der Waals surface area contributed by atoms with Crippen LogP contribution in [0.5, 0.6) is 0 Å². The summed E-state index contributed by atoms with van der Waals surface area (Å²) in [6.45, 7) is 0. The lowest BCUT2D eigenvalue weighted by Gasteiger charge is -2.05. The Morgan fingerprint density at radius 1 is 1.11 bits per heavy atom. The van der Waals surface area contributed by atoms with Gasteiger partial charge in [-0.1, -0.05) is 18.2 Å². The van der Waals surface area contributed by atoms with Gasteiger partial charge in [0.05, 0.1) is 11.2 Å². The van der Waals surface area contributed by atoms with E-state index in [2.05, 4.69) is 27.8 Å². The number of aryl methyl sites for hydroxylation is 1. The van der Waals surface area contributed by atoms with E-state index in [0.29, 0.717) is 5.11 Å². The number of fused-ring (bicyclic) bond motifs is 1. The largest absolute Gasteiger partial charge is 0.336 e. The Labute approximate surface area is 111 Å². The fraction of sp³-hybridized carbons (Fsp3) is 0.143. The SMILES string of the molecule is S=C1[N]C(CCc2cccc3ncccc23)=CN1. The number of hydrogen-bond acceptors (Lipinski definition) is 2. The first-order valence-electron chi connectivity index (χ1n) is 5.87. The van der Waals surface area contributed by atoms with Gasteiger partial charge in [0.25, 0.3) is 0 Å². The van der Waals surface area contributed by atoms with Crippen molar-refractivity contribution in [1.29, 1.82) is 0 Å². The maximum Gasteiger partial charge on any atom is 0.197 e. The summed E-state index contributed by atoms with van der Waals surface area (Å²) in [5.74, 6) is 0. The summed E-state index contributed by atoms with van der Waals surface area (Å²) in [6, 6.07) is 10.3. The van der Waals surface area contributed by atoms with E-state index in [1.807, 2.05) is 30.6 Å². The highest BCUT2D eigenvalue weighted by atomic mass is 32.1. The molecule has 1 N–H and O–H groups in total. The second-order valence-corrected chi connectivity index (χ2v) is 4.57. The number of nitrogens with one attached hydrogen (secondary N) is 1. The minimum atomic E-state index is 0.560. The fourth-order valence-electron chi connectivity index (χ4n) is 2.12. The number of thiocarbonyl (C=S) groups is 1. The highest BCUT2D eigenvalue weighted by molar-refractivity contribution is 7.80. The van der Waals surface area contributed by atoms with Gasteiger partial charge in [0.15, 0.2) is 5.11 Å². The zero-order chi connectivity index (χ0) is 12.4. The van der Waals surface area contributed by atoms with Crippen molar-refractivity contribution in [1.82, 2.24) is 15.6 Å². The zero-order valence-corrected chi connectivity index (χ0v) is 10.6. The van der Waals surface area contributed by atoms with Gasteiger partial charge in [-0.05, 0) is 42.8 Å². The van der Waals surface area contributed by atoms with Gasteiger partial charge in [-0.2, -0.15) is 0 Å². The molecule has 4 heteroatoms. The number of allylic oxidation sites excluding steroid dienone is 1. The lowest BCUT2D eigenvalue weighted by atomic mass is 10.0. The topological polar surface area (TPSA) is 39.0 Å². The molecule has 0 aliphatic carbocycles. The van der Waals surface area contributed by atoms with Crippen LogP contribution in [0.15, 0.2) is 48.4 Å². The second kappa shape index (κ2) is 4.74. The molecule has 0 saturated carbocycles. The average molecular weight is 254 g/mol. The van der Waals surface area contributed by atoms with E-state index < -0.39 is 0 Å². The molecule has 0 atom stereocenters. The molecule has 0 spiro atoms. The Kier molecular flexibility index (Phi) is 2.94. The van der Waals surface area contributed by atoms with Gasteiger partial charge >= 0.3 is 0 Å². The summed E-state index contributed by atoms with van der Waals surface area (Å²) < 4.78 is 0. The monoisotopic (exact) mass is 254 g/mol. The Bertz CT molecular complexity index is 628. The number of nitrogens with zero attached hydrogens (tertiary/aromatic N) is 2. The molecule has 1 aromatic carbocycles. The maximum atomic E-state index is 4.96. The van der Waals surface area contributed by atoms with Gasteiger partial charge in [-0.15, -0.1) is 0 Å². The van der Waals surface area contributed by atoms with E-state index in [4.69, 9.17) is 12.2 Å². The van der Waals surface area contributed by atoms with Crippen LogP contribution in [0.25, 0.3) is 10.9 Å². The Hall–Kier alpha value is -1.94. The van der Waals surface area contributed by atoms with Crippen molar-refractivity contribution in [3.8, 4) is 0 Å². The highest BCUT2D eigenvalue weighted by Gasteiger charge is 2.10. The molecule has 0 fully saturated rings. The van der Waals surface area contributed by atoms with Crippen LogP contribution < -0.4 is 10.6 Å². The van der Waals surface area contributed by atoms with Gasteiger partial charge in [0.1, 0.15) is 0 Å². The number of benzene rings is 1. The van der Waals surface area contributed by atoms with E-state index in [1.165, 1.54) is 10.9 Å². The molecule has 1 radical (unpaired) electrons. The van der Waals surface area contributed by atoms with Crippen molar-refractivity contribution in [2.75, 3.05) is 0 Å². The van der Waals surface area contributed by atoms with Gasteiger partial charge in [-0.25, -0.2) is 5.32 Å². The molecular weight excluding hydrogens is 242 g/mol.